The fourth-order valence-electron chi connectivity index (χ4n) is 8.26. The zero-order valence-corrected chi connectivity index (χ0v) is 22.3. The summed E-state index contributed by atoms with van der Waals surface area (Å²) in [5.74, 6) is -1.59. The van der Waals surface area contributed by atoms with Crippen LogP contribution in [0.4, 0.5) is 0 Å². The lowest BCUT2D eigenvalue weighted by Gasteiger charge is -2.58. The number of carbonyl (C=O) groups is 3. The number of epoxide rings is 2. The van der Waals surface area contributed by atoms with E-state index in [9.17, 15) is 19.5 Å². The van der Waals surface area contributed by atoms with Gasteiger partial charge in [0.15, 0.2) is 17.5 Å². The van der Waals surface area contributed by atoms with Gasteiger partial charge in [0.05, 0.1) is 30.8 Å². The standard InChI is InChI=1S/C29H34O10/c1-16-7-9-26-14-34-23(32)22-28(39-22)10-11-35-27(17(2)30,24(28)33)8-5-4-6-21(31)38-18-13-20(37-19(26)12-16)29(15-36-29)25(18,26)3/h4-6,8,12,18-20,22,24,33H,7,9-11,13-15H2,1-3H3. The van der Waals surface area contributed by atoms with Gasteiger partial charge in [0.25, 0.3) is 0 Å². The molecule has 4 bridgehead atoms. The lowest BCUT2D eigenvalue weighted by molar-refractivity contribution is -0.233. The maximum Gasteiger partial charge on any atom is 0.338 e. The Morgan fingerprint density at radius 3 is 2.64 bits per heavy atom. The van der Waals surface area contributed by atoms with Crippen molar-refractivity contribution < 1.29 is 47.9 Å². The molecule has 7 rings (SSSR count). The number of Topliss-reactive ketones (excluding diaryl/α,β-unsaturated/α-hetero) is 1. The van der Waals surface area contributed by atoms with E-state index in [2.05, 4.69) is 19.9 Å². The van der Waals surface area contributed by atoms with Crippen LogP contribution >= 0.6 is 0 Å². The Bertz CT molecular complexity index is 1230. The van der Waals surface area contributed by atoms with E-state index in [4.69, 9.17) is 28.4 Å². The van der Waals surface area contributed by atoms with Gasteiger partial charge in [0.2, 0.25) is 0 Å². The number of cyclic esters (lactones) is 1. The highest BCUT2D eigenvalue weighted by atomic mass is 16.7. The fourth-order valence-corrected chi connectivity index (χ4v) is 8.26. The number of esters is 2. The highest BCUT2D eigenvalue weighted by Crippen LogP contribution is 2.72. The monoisotopic (exact) mass is 542 g/mol. The average Bonchev–Trinajstić information content (AvgIpc) is 3.81. The van der Waals surface area contributed by atoms with Crippen molar-refractivity contribution in [2.45, 2.75) is 93.8 Å². The van der Waals surface area contributed by atoms with E-state index in [1.807, 2.05) is 0 Å². The molecule has 10 heteroatoms. The van der Waals surface area contributed by atoms with Crippen molar-refractivity contribution in [3.63, 3.8) is 0 Å². The highest BCUT2D eigenvalue weighted by molar-refractivity contribution is 5.90. The van der Waals surface area contributed by atoms with Gasteiger partial charge < -0.3 is 33.5 Å². The molecule has 10 nitrogen and oxygen atoms in total. The molecule has 5 fully saturated rings. The predicted octanol–water partition coefficient (Wildman–Crippen LogP) is 1.49. The zero-order valence-electron chi connectivity index (χ0n) is 22.3. The van der Waals surface area contributed by atoms with Crippen molar-refractivity contribution in [1.29, 1.82) is 0 Å². The van der Waals surface area contributed by atoms with Crippen LogP contribution in [-0.2, 0) is 42.8 Å². The second-order valence-corrected chi connectivity index (χ2v) is 12.4. The Morgan fingerprint density at radius 1 is 1.10 bits per heavy atom. The van der Waals surface area contributed by atoms with Crippen LogP contribution < -0.4 is 0 Å². The minimum Gasteiger partial charge on any atom is -0.463 e. The highest BCUT2D eigenvalue weighted by Gasteiger charge is 2.83. The molecular formula is C29H34O10. The normalized spacial score (nSPS) is 51.8. The molecule has 10 atom stereocenters. The zero-order chi connectivity index (χ0) is 27.4. The number of ether oxygens (including phenoxy) is 6. The van der Waals surface area contributed by atoms with Crippen molar-refractivity contribution in [3.8, 4) is 0 Å². The first-order valence-corrected chi connectivity index (χ1v) is 13.8. The summed E-state index contributed by atoms with van der Waals surface area (Å²) in [6, 6.07) is 0. The van der Waals surface area contributed by atoms with Crippen LogP contribution in [0.2, 0.25) is 0 Å². The Labute approximate surface area is 226 Å². The molecular weight excluding hydrogens is 508 g/mol. The number of ketones is 1. The molecule has 210 valence electrons. The Kier molecular flexibility index (Phi) is 5.31. The number of rotatable bonds is 1. The Balaban J connectivity index is 1.31. The minimum atomic E-state index is -1.72. The largest absolute Gasteiger partial charge is 0.463 e. The maximum atomic E-state index is 13.5. The molecule has 0 aromatic carbocycles. The van der Waals surface area contributed by atoms with Crippen molar-refractivity contribution in [1.82, 2.24) is 0 Å². The summed E-state index contributed by atoms with van der Waals surface area (Å²) in [5.41, 5.74) is -3.83. The number of hydrogen-bond acceptors (Lipinski definition) is 10. The SMILES string of the molecule is CC(=O)C12C=CC=CC(=O)OC3CC4OC5C=C(C)CCC5(COC(=O)C5OC5(CCO1)C2O)C3(C)C41CO1. The maximum absolute atomic E-state index is 13.5. The molecule has 2 aliphatic carbocycles. The van der Waals surface area contributed by atoms with Gasteiger partial charge in [0, 0.05) is 24.3 Å². The molecule has 4 saturated heterocycles. The van der Waals surface area contributed by atoms with Crippen LogP contribution in [0.25, 0.3) is 0 Å². The van der Waals surface area contributed by atoms with E-state index < -0.39 is 63.7 Å². The van der Waals surface area contributed by atoms with E-state index in [-0.39, 0.29) is 31.8 Å². The third kappa shape index (κ3) is 3.12. The first-order chi connectivity index (χ1) is 18.5. The van der Waals surface area contributed by atoms with E-state index in [1.54, 1.807) is 0 Å². The summed E-state index contributed by atoms with van der Waals surface area (Å²) in [6.07, 6.45) is 6.29. The third-order valence-corrected chi connectivity index (χ3v) is 10.8. The number of hydrogen-bond donors (Lipinski definition) is 1. The molecule has 0 aromatic rings. The average molecular weight is 543 g/mol. The van der Waals surface area contributed by atoms with Crippen LogP contribution in [0, 0.1) is 10.8 Å². The number of allylic oxidation sites excluding steroid dienone is 3. The minimum absolute atomic E-state index is 0.0127. The smallest absolute Gasteiger partial charge is 0.338 e. The van der Waals surface area contributed by atoms with Crippen LogP contribution in [0.5, 0.6) is 0 Å². The molecule has 1 N–H and O–H groups in total. The summed E-state index contributed by atoms with van der Waals surface area (Å²) in [6.45, 7) is 6.05. The summed E-state index contributed by atoms with van der Waals surface area (Å²) in [4.78, 5) is 39.3. The van der Waals surface area contributed by atoms with E-state index in [0.717, 1.165) is 6.42 Å². The topological polar surface area (TPSA) is 133 Å². The van der Waals surface area contributed by atoms with Gasteiger partial charge in [-0.05, 0) is 32.8 Å². The number of fused-ring (bicyclic) bond motifs is 1. The van der Waals surface area contributed by atoms with E-state index in [1.165, 1.54) is 36.8 Å². The van der Waals surface area contributed by atoms with E-state index >= 15 is 0 Å². The van der Waals surface area contributed by atoms with Crippen molar-refractivity contribution >= 4 is 17.7 Å². The lowest BCUT2D eigenvalue weighted by atomic mass is 9.51. The van der Waals surface area contributed by atoms with Crippen molar-refractivity contribution in [3.05, 3.63) is 36.0 Å². The first kappa shape index (κ1) is 25.6. The predicted molar refractivity (Wildman–Crippen MR) is 132 cm³/mol. The van der Waals surface area contributed by atoms with E-state index in [0.29, 0.717) is 19.4 Å². The summed E-state index contributed by atoms with van der Waals surface area (Å²) < 4.78 is 36.5. The quantitative estimate of drug-likeness (QED) is 0.295. The van der Waals surface area contributed by atoms with Gasteiger partial charge in [-0.25, -0.2) is 9.59 Å². The molecule has 0 radical (unpaired) electrons. The lowest BCUT2D eigenvalue weighted by Crippen LogP contribution is -2.67. The van der Waals surface area contributed by atoms with Gasteiger partial charge in [-0.2, -0.15) is 0 Å². The van der Waals surface area contributed by atoms with Gasteiger partial charge in [-0.1, -0.05) is 30.7 Å². The molecule has 0 amide bonds. The number of aliphatic hydroxyl groups excluding tert-OH is 1. The summed E-state index contributed by atoms with van der Waals surface area (Å²) in [7, 11) is 0. The van der Waals surface area contributed by atoms with Crippen LogP contribution in [0.3, 0.4) is 0 Å². The Morgan fingerprint density at radius 2 is 1.90 bits per heavy atom. The summed E-state index contributed by atoms with van der Waals surface area (Å²) in [5, 5.41) is 11.4. The molecule has 1 saturated carbocycles. The number of aliphatic hydroxyl groups is 1. The molecule has 10 unspecified atom stereocenters. The van der Waals surface area contributed by atoms with Crippen molar-refractivity contribution in [2.75, 3.05) is 19.8 Å². The number of carbonyl (C=O) groups excluding carboxylic acids is 3. The molecule has 0 aromatic heterocycles. The second-order valence-electron chi connectivity index (χ2n) is 12.4. The Hall–Kier alpha value is -2.37. The van der Waals surface area contributed by atoms with Gasteiger partial charge in [-0.15, -0.1) is 0 Å². The molecule has 7 aliphatic rings. The molecule has 3 spiro atoms. The van der Waals surface area contributed by atoms with Crippen LogP contribution in [0.15, 0.2) is 36.0 Å². The first-order valence-electron chi connectivity index (χ1n) is 13.8. The van der Waals surface area contributed by atoms with Gasteiger partial charge in [-0.3, -0.25) is 4.79 Å². The van der Waals surface area contributed by atoms with Gasteiger partial charge in [0.1, 0.15) is 30.0 Å². The molecule has 5 aliphatic heterocycles. The molecule has 39 heavy (non-hydrogen) atoms. The molecule has 5 heterocycles. The van der Waals surface area contributed by atoms with Gasteiger partial charge >= 0.3 is 11.9 Å². The van der Waals surface area contributed by atoms with Crippen LogP contribution in [-0.4, -0.2) is 90.0 Å². The second kappa shape index (κ2) is 8.10. The fraction of sp³-hybridized carbons (Fsp3) is 0.690. The van der Waals surface area contributed by atoms with Crippen LogP contribution in [0.1, 0.15) is 46.5 Å². The van der Waals surface area contributed by atoms with Crippen molar-refractivity contribution in [2.24, 2.45) is 10.8 Å². The summed E-state index contributed by atoms with van der Waals surface area (Å²) >= 11 is 0. The third-order valence-electron chi connectivity index (χ3n) is 10.8.